The Morgan fingerprint density at radius 2 is 1.70 bits per heavy atom. The molecule has 1 aliphatic rings. The van der Waals surface area contributed by atoms with Gasteiger partial charge in [-0.2, -0.15) is 13.2 Å². The molecule has 0 spiro atoms. The van der Waals surface area contributed by atoms with E-state index in [2.05, 4.69) is 9.88 Å². The van der Waals surface area contributed by atoms with Gasteiger partial charge in [-0.05, 0) is 42.7 Å². The number of anilines is 1. The summed E-state index contributed by atoms with van der Waals surface area (Å²) in [5, 5.41) is 0. The van der Waals surface area contributed by atoms with Gasteiger partial charge < -0.3 is 10.6 Å². The highest BCUT2D eigenvalue weighted by Crippen LogP contribution is 2.31. The molecule has 1 aliphatic heterocycles. The molecule has 1 aromatic carbocycles. The Labute approximate surface area is 132 Å². The lowest BCUT2D eigenvalue weighted by Crippen LogP contribution is -2.19. The van der Waals surface area contributed by atoms with Crippen molar-refractivity contribution in [1.29, 1.82) is 0 Å². The first kappa shape index (κ1) is 15.8. The van der Waals surface area contributed by atoms with Gasteiger partial charge in [-0.15, -0.1) is 0 Å². The number of hydrogen-bond acceptors (Lipinski definition) is 3. The summed E-state index contributed by atoms with van der Waals surface area (Å²) in [5.41, 5.74) is 7.34. The molecule has 0 bridgehead atoms. The molecule has 2 heterocycles. The molecule has 0 radical (unpaired) electrons. The lowest BCUT2D eigenvalue weighted by molar-refractivity contribution is -0.137. The largest absolute Gasteiger partial charge is 0.416 e. The van der Waals surface area contributed by atoms with Gasteiger partial charge >= 0.3 is 6.18 Å². The maximum absolute atomic E-state index is 12.7. The number of aromatic nitrogens is 1. The van der Waals surface area contributed by atoms with Crippen molar-refractivity contribution in [3.05, 3.63) is 47.5 Å². The van der Waals surface area contributed by atoms with E-state index in [1.807, 2.05) is 12.1 Å². The molecular weight excluding hydrogens is 303 g/mol. The van der Waals surface area contributed by atoms with Crippen molar-refractivity contribution in [3.63, 3.8) is 0 Å². The summed E-state index contributed by atoms with van der Waals surface area (Å²) in [6.45, 7) is 2.28. The van der Waals surface area contributed by atoms with Gasteiger partial charge in [0.15, 0.2) is 0 Å². The second-order valence-corrected chi connectivity index (χ2v) is 5.69. The molecule has 3 nitrogen and oxygen atoms in total. The first-order valence-electron chi connectivity index (χ1n) is 7.61. The summed E-state index contributed by atoms with van der Waals surface area (Å²) >= 11 is 0. The first-order chi connectivity index (χ1) is 11.0. The summed E-state index contributed by atoms with van der Waals surface area (Å²) in [6.07, 6.45) is -2.07. The van der Waals surface area contributed by atoms with Gasteiger partial charge in [0.05, 0.1) is 11.3 Å². The zero-order chi connectivity index (χ0) is 16.4. The number of pyridine rings is 1. The van der Waals surface area contributed by atoms with Crippen LogP contribution in [0.25, 0.3) is 11.3 Å². The van der Waals surface area contributed by atoms with Gasteiger partial charge in [-0.1, -0.05) is 12.1 Å². The Morgan fingerprint density at radius 1 is 1.04 bits per heavy atom. The van der Waals surface area contributed by atoms with Crippen molar-refractivity contribution in [1.82, 2.24) is 4.98 Å². The Hall–Kier alpha value is -2.08. The van der Waals surface area contributed by atoms with Crippen molar-refractivity contribution in [2.75, 3.05) is 18.0 Å². The molecule has 23 heavy (non-hydrogen) atoms. The highest BCUT2D eigenvalue weighted by atomic mass is 19.4. The van der Waals surface area contributed by atoms with Gasteiger partial charge in [0.25, 0.3) is 0 Å². The number of alkyl halides is 3. The third kappa shape index (κ3) is 3.47. The van der Waals surface area contributed by atoms with Crippen LogP contribution in [-0.4, -0.2) is 18.1 Å². The van der Waals surface area contributed by atoms with E-state index < -0.39 is 11.7 Å². The Kier molecular flexibility index (Phi) is 4.26. The van der Waals surface area contributed by atoms with Crippen molar-refractivity contribution < 1.29 is 13.2 Å². The highest BCUT2D eigenvalue weighted by molar-refractivity contribution is 5.63. The van der Waals surface area contributed by atoms with Gasteiger partial charge in [0.2, 0.25) is 0 Å². The maximum Gasteiger partial charge on any atom is 0.416 e. The summed E-state index contributed by atoms with van der Waals surface area (Å²) in [7, 11) is 0. The van der Waals surface area contributed by atoms with E-state index in [0.29, 0.717) is 17.8 Å². The zero-order valence-corrected chi connectivity index (χ0v) is 12.6. The van der Waals surface area contributed by atoms with Gasteiger partial charge in [0.1, 0.15) is 5.82 Å². The molecule has 0 atom stereocenters. The molecule has 3 rings (SSSR count). The fourth-order valence-corrected chi connectivity index (χ4v) is 2.77. The van der Waals surface area contributed by atoms with E-state index in [1.54, 1.807) is 0 Å². The third-order valence-electron chi connectivity index (χ3n) is 4.05. The Bertz CT molecular complexity index is 674. The van der Waals surface area contributed by atoms with Crippen LogP contribution in [0.4, 0.5) is 19.0 Å². The fraction of sp³-hybridized carbons (Fsp3) is 0.353. The lowest BCUT2D eigenvalue weighted by atomic mass is 10.1. The monoisotopic (exact) mass is 321 g/mol. The van der Waals surface area contributed by atoms with Crippen LogP contribution in [0.3, 0.4) is 0 Å². The predicted molar refractivity (Wildman–Crippen MR) is 84.0 cm³/mol. The van der Waals surface area contributed by atoms with Crippen molar-refractivity contribution in [3.8, 4) is 11.3 Å². The predicted octanol–water partition coefficient (Wildman–Crippen LogP) is 3.83. The van der Waals surface area contributed by atoms with E-state index >= 15 is 0 Å². The standard InChI is InChI=1S/C17H18F3N3/c18-17(19,20)14-5-3-13(4-6-14)15-9-12(11-21)10-16(22-15)23-7-1-2-8-23/h3-6,9-10H,1-2,7-8,11,21H2. The SMILES string of the molecule is NCc1cc(-c2ccc(C(F)(F)F)cc2)nc(N2CCCC2)c1. The van der Waals surface area contributed by atoms with Crippen molar-refractivity contribution in [2.45, 2.75) is 25.6 Å². The van der Waals surface area contributed by atoms with Crippen LogP contribution in [-0.2, 0) is 12.7 Å². The maximum atomic E-state index is 12.7. The molecule has 1 saturated heterocycles. The highest BCUT2D eigenvalue weighted by Gasteiger charge is 2.30. The average Bonchev–Trinajstić information content (AvgIpc) is 3.08. The minimum atomic E-state index is -4.33. The zero-order valence-electron chi connectivity index (χ0n) is 12.6. The molecule has 0 unspecified atom stereocenters. The topological polar surface area (TPSA) is 42.1 Å². The summed E-state index contributed by atoms with van der Waals surface area (Å²) in [6, 6.07) is 8.88. The van der Waals surface area contributed by atoms with Gasteiger partial charge in [-0.3, -0.25) is 0 Å². The molecule has 0 saturated carbocycles. The van der Waals surface area contributed by atoms with Crippen LogP contribution in [0.5, 0.6) is 0 Å². The van der Waals surface area contributed by atoms with E-state index in [-0.39, 0.29) is 0 Å². The van der Waals surface area contributed by atoms with Gasteiger partial charge in [0, 0.05) is 25.2 Å². The molecule has 0 aliphatic carbocycles. The quantitative estimate of drug-likeness (QED) is 0.934. The second kappa shape index (κ2) is 6.20. The van der Waals surface area contributed by atoms with E-state index in [0.717, 1.165) is 49.4 Å². The van der Waals surface area contributed by atoms with Crippen LogP contribution in [0.1, 0.15) is 24.0 Å². The molecule has 6 heteroatoms. The van der Waals surface area contributed by atoms with Crippen molar-refractivity contribution in [2.24, 2.45) is 5.73 Å². The molecule has 122 valence electrons. The normalized spacial score (nSPS) is 15.2. The van der Waals surface area contributed by atoms with Crippen LogP contribution in [0, 0.1) is 0 Å². The Balaban J connectivity index is 1.96. The van der Waals surface area contributed by atoms with Gasteiger partial charge in [-0.25, -0.2) is 4.98 Å². The molecular formula is C17H18F3N3. The van der Waals surface area contributed by atoms with E-state index in [1.165, 1.54) is 12.1 Å². The second-order valence-electron chi connectivity index (χ2n) is 5.69. The number of hydrogen-bond donors (Lipinski definition) is 1. The minimum Gasteiger partial charge on any atom is -0.357 e. The summed E-state index contributed by atoms with van der Waals surface area (Å²) in [4.78, 5) is 6.80. The number of nitrogens with two attached hydrogens (primary N) is 1. The number of benzene rings is 1. The molecule has 2 aromatic rings. The summed E-state index contributed by atoms with van der Waals surface area (Å²) < 4.78 is 38.0. The van der Waals surface area contributed by atoms with Crippen molar-refractivity contribution >= 4 is 5.82 Å². The molecule has 1 fully saturated rings. The fourth-order valence-electron chi connectivity index (χ4n) is 2.77. The lowest BCUT2D eigenvalue weighted by Gasteiger charge is -2.18. The number of halogens is 3. The summed E-state index contributed by atoms with van der Waals surface area (Å²) in [5.74, 6) is 0.848. The molecule has 0 amide bonds. The third-order valence-corrected chi connectivity index (χ3v) is 4.05. The van der Waals surface area contributed by atoms with Crippen LogP contribution in [0.2, 0.25) is 0 Å². The first-order valence-corrected chi connectivity index (χ1v) is 7.61. The van der Waals surface area contributed by atoms with Crippen LogP contribution in [0.15, 0.2) is 36.4 Å². The smallest absolute Gasteiger partial charge is 0.357 e. The molecule has 2 N–H and O–H groups in total. The van der Waals surface area contributed by atoms with Crippen LogP contribution < -0.4 is 10.6 Å². The number of rotatable bonds is 3. The van der Waals surface area contributed by atoms with E-state index in [4.69, 9.17) is 5.73 Å². The van der Waals surface area contributed by atoms with E-state index in [9.17, 15) is 13.2 Å². The average molecular weight is 321 g/mol. The number of nitrogens with zero attached hydrogens (tertiary/aromatic N) is 2. The molecule has 1 aromatic heterocycles. The van der Waals surface area contributed by atoms with Crippen LogP contribution >= 0.6 is 0 Å². The minimum absolute atomic E-state index is 0.372. The Morgan fingerprint density at radius 3 is 2.26 bits per heavy atom.